The van der Waals surface area contributed by atoms with E-state index in [9.17, 15) is 9.59 Å². The first kappa shape index (κ1) is 19.0. The fraction of sp³-hybridized carbons (Fsp3) is 0.167. The van der Waals surface area contributed by atoms with Crippen molar-refractivity contribution in [2.75, 3.05) is 5.32 Å². The van der Waals surface area contributed by atoms with Crippen LogP contribution < -0.4 is 10.7 Å². The summed E-state index contributed by atoms with van der Waals surface area (Å²) >= 11 is 11.7. The largest absolute Gasteiger partial charge is 0.329 e. The van der Waals surface area contributed by atoms with Crippen LogP contribution >= 0.6 is 23.2 Å². The summed E-state index contributed by atoms with van der Waals surface area (Å²) in [6.07, 6.45) is 1.46. The molecule has 0 heterocycles. The predicted octanol–water partition coefficient (Wildman–Crippen LogP) is 4.21. The number of anilines is 1. The highest BCUT2D eigenvalue weighted by Crippen LogP contribution is 2.22. The molecule has 2 rings (SSSR count). The van der Waals surface area contributed by atoms with E-state index in [2.05, 4.69) is 29.7 Å². The summed E-state index contributed by atoms with van der Waals surface area (Å²) in [6.45, 7) is 4.21. The van der Waals surface area contributed by atoms with E-state index in [1.807, 2.05) is 24.3 Å². The fourth-order valence-corrected chi connectivity index (χ4v) is 2.52. The Morgan fingerprint density at radius 1 is 1.00 bits per heavy atom. The molecular formula is C18H17Cl2N3O2. The average molecular weight is 378 g/mol. The van der Waals surface area contributed by atoms with E-state index in [4.69, 9.17) is 23.2 Å². The third kappa shape index (κ3) is 5.89. The molecule has 0 aromatic heterocycles. The van der Waals surface area contributed by atoms with Crippen LogP contribution in [0.3, 0.4) is 0 Å². The number of rotatable bonds is 4. The van der Waals surface area contributed by atoms with Gasteiger partial charge in [-0.2, -0.15) is 5.10 Å². The van der Waals surface area contributed by atoms with Crippen LogP contribution in [0, 0.1) is 0 Å². The Morgan fingerprint density at radius 2 is 1.60 bits per heavy atom. The number of hydrogen-bond acceptors (Lipinski definition) is 3. The molecule has 0 radical (unpaired) electrons. The smallest absolute Gasteiger partial charge is 0.318 e. The number of hydrazone groups is 1. The van der Waals surface area contributed by atoms with Crippen molar-refractivity contribution in [1.82, 2.24) is 5.43 Å². The van der Waals surface area contributed by atoms with E-state index in [1.54, 1.807) is 0 Å². The van der Waals surface area contributed by atoms with Gasteiger partial charge in [0.25, 0.3) is 0 Å². The van der Waals surface area contributed by atoms with Crippen LogP contribution in [-0.2, 0) is 9.59 Å². The van der Waals surface area contributed by atoms with Gasteiger partial charge in [0, 0.05) is 15.7 Å². The topological polar surface area (TPSA) is 70.6 Å². The molecule has 2 N–H and O–H groups in total. The highest BCUT2D eigenvalue weighted by Gasteiger charge is 2.13. The van der Waals surface area contributed by atoms with Crippen LogP contribution in [0.4, 0.5) is 5.69 Å². The van der Waals surface area contributed by atoms with Crippen molar-refractivity contribution in [2.24, 2.45) is 5.10 Å². The molecule has 2 aromatic rings. The molecule has 25 heavy (non-hydrogen) atoms. The Balaban J connectivity index is 1.91. The van der Waals surface area contributed by atoms with E-state index in [1.165, 1.54) is 30.0 Å². The zero-order valence-electron chi connectivity index (χ0n) is 13.7. The van der Waals surface area contributed by atoms with Gasteiger partial charge in [-0.3, -0.25) is 9.59 Å². The second-order valence-electron chi connectivity index (χ2n) is 5.63. The standard InChI is InChI=1S/C18H17Cl2N3O2/c1-11(2)13-5-3-12(4-6-13)10-21-23-18(25)17(24)22-16-8-14(19)7-15(20)9-16/h3-11H,1-2H3,(H,22,24)(H,23,25)/b21-10+. The molecule has 2 amide bonds. The van der Waals surface area contributed by atoms with Crippen molar-refractivity contribution >= 4 is 46.9 Å². The van der Waals surface area contributed by atoms with Gasteiger partial charge in [0.15, 0.2) is 0 Å². The normalized spacial score (nSPS) is 10.9. The second kappa shape index (κ2) is 8.65. The lowest BCUT2D eigenvalue weighted by molar-refractivity contribution is -0.136. The van der Waals surface area contributed by atoms with Crippen LogP contribution in [0.2, 0.25) is 10.0 Å². The fourth-order valence-electron chi connectivity index (χ4n) is 2.00. The molecule has 130 valence electrons. The molecule has 5 nitrogen and oxygen atoms in total. The number of carbonyl (C=O) groups is 2. The summed E-state index contributed by atoms with van der Waals surface area (Å²) in [6, 6.07) is 12.2. The zero-order valence-corrected chi connectivity index (χ0v) is 15.2. The Bertz CT molecular complexity index is 782. The third-order valence-corrected chi connectivity index (χ3v) is 3.75. The predicted molar refractivity (Wildman–Crippen MR) is 101 cm³/mol. The molecule has 0 spiro atoms. The van der Waals surface area contributed by atoms with Gasteiger partial charge in [-0.05, 0) is 35.2 Å². The van der Waals surface area contributed by atoms with E-state index < -0.39 is 11.8 Å². The molecule has 0 aliphatic rings. The Labute approximate surface area is 156 Å². The molecule has 2 aromatic carbocycles. The van der Waals surface area contributed by atoms with Crippen molar-refractivity contribution in [2.45, 2.75) is 19.8 Å². The molecule has 0 atom stereocenters. The third-order valence-electron chi connectivity index (χ3n) is 3.31. The first-order chi connectivity index (χ1) is 11.8. The van der Waals surface area contributed by atoms with Crippen molar-refractivity contribution in [3.8, 4) is 0 Å². The number of nitrogens with one attached hydrogen (secondary N) is 2. The van der Waals surface area contributed by atoms with Crippen molar-refractivity contribution in [1.29, 1.82) is 0 Å². The zero-order chi connectivity index (χ0) is 18.4. The lowest BCUT2D eigenvalue weighted by Crippen LogP contribution is -2.32. The summed E-state index contributed by atoms with van der Waals surface area (Å²) in [5, 5.41) is 6.88. The van der Waals surface area contributed by atoms with Gasteiger partial charge in [0.1, 0.15) is 0 Å². The number of benzene rings is 2. The maximum atomic E-state index is 11.8. The van der Waals surface area contributed by atoms with Gasteiger partial charge in [-0.15, -0.1) is 0 Å². The molecule has 0 fully saturated rings. The minimum Gasteiger partial charge on any atom is -0.318 e. The summed E-state index contributed by atoms with van der Waals surface area (Å²) in [5.41, 5.74) is 4.52. The van der Waals surface area contributed by atoms with Crippen LogP contribution in [0.25, 0.3) is 0 Å². The van der Waals surface area contributed by atoms with Crippen LogP contribution in [0.1, 0.15) is 30.9 Å². The van der Waals surface area contributed by atoms with Gasteiger partial charge >= 0.3 is 11.8 Å². The molecule has 0 aliphatic heterocycles. The number of nitrogens with zero attached hydrogens (tertiary/aromatic N) is 1. The molecule has 7 heteroatoms. The van der Waals surface area contributed by atoms with E-state index in [-0.39, 0.29) is 0 Å². The van der Waals surface area contributed by atoms with Crippen LogP contribution in [0.5, 0.6) is 0 Å². The maximum Gasteiger partial charge on any atom is 0.329 e. The summed E-state index contributed by atoms with van der Waals surface area (Å²) in [5.74, 6) is -1.33. The number of amides is 2. The Morgan fingerprint density at radius 3 is 2.16 bits per heavy atom. The summed E-state index contributed by atoms with van der Waals surface area (Å²) < 4.78 is 0. The van der Waals surface area contributed by atoms with Gasteiger partial charge in [-0.25, -0.2) is 5.43 Å². The highest BCUT2D eigenvalue weighted by molar-refractivity contribution is 6.40. The molecule has 0 saturated carbocycles. The lowest BCUT2D eigenvalue weighted by Gasteiger charge is -2.05. The summed E-state index contributed by atoms with van der Waals surface area (Å²) in [4.78, 5) is 23.6. The summed E-state index contributed by atoms with van der Waals surface area (Å²) in [7, 11) is 0. The lowest BCUT2D eigenvalue weighted by atomic mass is 10.0. The van der Waals surface area contributed by atoms with E-state index in [0.717, 1.165) is 5.56 Å². The first-order valence-electron chi connectivity index (χ1n) is 7.55. The minimum atomic E-state index is -0.897. The number of hydrogen-bond donors (Lipinski definition) is 2. The Kier molecular flexibility index (Phi) is 6.56. The molecule has 0 bridgehead atoms. The van der Waals surface area contributed by atoms with Crippen LogP contribution in [0.15, 0.2) is 47.6 Å². The van der Waals surface area contributed by atoms with Crippen molar-refractivity contribution in [3.63, 3.8) is 0 Å². The first-order valence-corrected chi connectivity index (χ1v) is 8.31. The van der Waals surface area contributed by atoms with Gasteiger partial charge < -0.3 is 5.32 Å². The van der Waals surface area contributed by atoms with Crippen molar-refractivity contribution in [3.05, 3.63) is 63.6 Å². The second-order valence-corrected chi connectivity index (χ2v) is 6.51. The molecular weight excluding hydrogens is 361 g/mol. The maximum absolute atomic E-state index is 11.8. The quantitative estimate of drug-likeness (QED) is 0.476. The van der Waals surface area contributed by atoms with Gasteiger partial charge in [0.2, 0.25) is 0 Å². The van der Waals surface area contributed by atoms with Crippen molar-refractivity contribution < 1.29 is 9.59 Å². The Hall–Kier alpha value is -2.37. The number of halogens is 2. The van der Waals surface area contributed by atoms with Gasteiger partial charge in [-0.1, -0.05) is 61.3 Å². The number of carbonyl (C=O) groups excluding carboxylic acids is 2. The monoisotopic (exact) mass is 377 g/mol. The molecule has 0 saturated heterocycles. The molecule has 0 aliphatic carbocycles. The van der Waals surface area contributed by atoms with E-state index >= 15 is 0 Å². The molecule has 0 unspecified atom stereocenters. The SMILES string of the molecule is CC(C)c1ccc(/C=N/NC(=O)C(=O)Nc2cc(Cl)cc(Cl)c2)cc1. The van der Waals surface area contributed by atoms with Crippen LogP contribution in [-0.4, -0.2) is 18.0 Å². The van der Waals surface area contributed by atoms with Gasteiger partial charge in [0.05, 0.1) is 6.21 Å². The highest BCUT2D eigenvalue weighted by atomic mass is 35.5. The van der Waals surface area contributed by atoms with E-state index in [0.29, 0.717) is 21.7 Å². The average Bonchev–Trinajstić information content (AvgIpc) is 2.54. The minimum absolute atomic E-state index is 0.325.